The summed E-state index contributed by atoms with van der Waals surface area (Å²) in [5, 5.41) is 7.79. The minimum Gasteiger partial charge on any atom is -0.485 e. The van der Waals surface area contributed by atoms with Crippen LogP contribution in [0.2, 0.25) is 0 Å². The third kappa shape index (κ3) is 6.77. The van der Waals surface area contributed by atoms with Crippen molar-refractivity contribution in [1.29, 1.82) is 0 Å². The fourth-order valence-electron chi connectivity index (χ4n) is 9.07. The largest absolute Gasteiger partial charge is 0.485 e. The van der Waals surface area contributed by atoms with E-state index in [0.717, 1.165) is 65.5 Å². The van der Waals surface area contributed by atoms with Gasteiger partial charge in [0, 0.05) is 45.7 Å². The molecule has 0 radical (unpaired) electrons. The fourth-order valence-corrected chi connectivity index (χ4v) is 9.07. The van der Waals surface area contributed by atoms with Gasteiger partial charge in [-0.05, 0) is 77.8 Å². The molecule has 10 rings (SSSR count). The number of benzene rings is 3. The second-order valence-corrected chi connectivity index (χ2v) is 15.6. The minimum atomic E-state index is -0.404. The van der Waals surface area contributed by atoms with Crippen molar-refractivity contribution in [3.63, 3.8) is 0 Å². The van der Waals surface area contributed by atoms with E-state index in [1.54, 1.807) is 0 Å². The molecule has 5 heteroatoms. The van der Waals surface area contributed by atoms with E-state index in [9.17, 15) is 0 Å². The third-order valence-corrected chi connectivity index (χ3v) is 11.9. The summed E-state index contributed by atoms with van der Waals surface area (Å²) in [5.74, 6) is 3.25. The van der Waals surface area contributed by atoms with E-state index in [2.05, 4.69) is 187 Å². The molecule has 58 heavy (non-hydrogen) atoms. The van der Waals surface area contributed by atoms with Gasteiger partial charge in [0.1, 0.15) is 23.5 Å². The number of allylic oxidation sites excluding steroid dienone is 17. The van der Waals surface area contributed by atoms with Gasteiger partial charge in [-0.1, -0.05) is 158 Å². The fraction of sp³-hybridized carbons (Fsp3) is 0.170. The molecular weight excluding hydrogens is 709 g/mol. The predicted octanol–water partition coefficient (Wildman–Crippen LogP) is 11.5. The van der Waals surface area contributed by atoms with Gasteiger partial charge in [0.15, 0.2) is 6.17 Å². The van der Waals surface area contributed by atoms with Crippen LogP contribution in [0.25, 0.3) is 11.3 Å². The Labute approximate surface area is 341 Å². The number of ether oxygens (including phenoxy) is 1. The lowest BCUT2D eigenvalue weighted by molar-refractivity contribution is 0.269. The molecular formula is C53H46N4O. The maximum Gasteiger partial charge on any atom is 0.169 e. The van der Waals surface area contributed by atoms with Crippen molar-refractivity contribution < 1.29 is 4.74 Å². The van der Waals surface area contributed by atoms with Crippen LogP contribution >= 0.6 is 0 Å². The van der Waals surface area contributed by atoms with Gasteiger partial charge in [0.2, 0.25) is 0 Å². The molecule has 5 nitrogen and oxygen atoms in total. The quantitative estimate of drug-likeness (QED) is 0.225. The molecule has 0 fully saturated rings. The van der Waals surface area contributed by atoms with Crippen molar-refractivity contribution in [2.75, 3.05) is 0 Å². The highest BCUT2D eigenvalue weighted by Gasteiger charge is 2.34. The summed E-state index contributed by atoms with van der Waals surface area (Å²) in [7, 11) is 0. The monoisotopic (exact) mass is 754 g/mol. The molecule has 2 N–H and O–H groups in total. The Kier molecular flexibility index (Phi) is 9.64. The van der Waals surface area contributed by atoms with Crippen molar-refractivity contribution in [1.82, 2.24) is 10.6 Å². The van der Waals surface area contributed by atoms with Crippen LogP contribution in [0.4, 0.5) is 0 Å². The zero-order valence-electron chi connectivity index (χ0n) is 32.5. The molecule has 3 aliphatic heterocycles. The first-order valence-corrected chi connectivity index (χ1v) is 20.6. The molecule has 0 saturated heterocycles. The average Bonchev–Trinajstić information content (AvgIpc) is 3.68. The minimum absolute atomic E-state index is 0.0325. The number of hydrogen-bond donors (Lipinski definition) is 2. The lowest BCUT2D eigenvalue weighted by Gasteiger charge is -2.34. The van der Waals surface area contributed by atoms with E-state index in [0.29, 0.717) is 0 Å². The van der Waals surface area contributed by atoms with Crippen molar-refractivity contribution in [3.8, 4) is 5.75 Å². The van der Waals surface area contributed by atoms with E-state index >= 15 is 0 Å². The Hall–Kier alpha value is -6.72. The van der Waals surface area contributed by atoms with E-state index < -0.39 is 6.17 Å². The first-order chi connectivity index (χ1) is 28.7. The lowest BCUT2D eigenvalue weighted by Crippen LogP contribution is -2.36. The molecule has 0 amide bonds. The van der Waals surface area contributed by atoms with E-state index in [-0.39, 0.29) is 23.9 Å². The van der Waals surface area contributed by atoms with Gasteiger partial charge in [-0.15, -0.1) is 0 Å². The van der Waals surface area contributed by atoms with Crippen LogP contribution in [0.1, 0.15) is 71.1 Å². The summed E-state index contributed by atoms with van der Waals surface area (Å²) in [6.45, 7) is 4.01. The molecule has 4 aliphatic carbocycles. The van der Waals surface area contributed by atoms with Gasteiger partial charge in [0.25, 0.3) is 0 Å². The normalized spacial score (nSPS) is 25.9. The standard InChI is InChI=1S/C53H46N4O/c1-2-3-26-41(35-18-7-4-8-19-35)50-44-29-14-13-28-43(44)48(49(54-50)36-20-9-5-10-21-36)38-24-17-25-39(33-38)52-55-51(37-22-11-6-12-23-37)56-53(57-52)40-31-32-47-45(34-40)42-27-15-16-30-46(42)58-47/h2-11,13-18,20,22,24-36,42,46,53-54H,1,12,19,21,23H2,(H,55,56,57)/b26-3-,50-41+. The van der Waals surface area contributed by atoms with E-state index in [4.69, 9.17) is 14.7 Å². The maximum absolute atomic E-state index is 6.30. The Morgan fingerprint density at radius 1 is 0.741 bits per heavy atom. The maximum atomic E-state index is 6.30. The van der Waals surface area contributed by atoms with Gasteiger partial charge in [0.05, 0.1) is 5.70 Å². The van der Waals surface area contributed by atoms with Gasteiger partial charge in [-0.3, -0.25) is 0 Å². The topological polar surface area (TPSA) is 58.0 Å². The Morgan fingerprint density at radius 2 is 1.57 bits per heavy atom. The van der Waals surface area contributed by atoms with Crippen LogP contribution in [-0.2, 0) is 0 Å². The van der Waals surface area contributed by atoms with Crippen molar-refractivity contribution in [3.05, 3.63) is 233 Å². The summed E-state index contributed by atoms with van der Waals surface area (Å²) in [6.07, 6.45) is 42.5. The third-order valence-electron chi connectivity index (χ3n) is 11.9. The van der Waals surface area contributed by atoms with Crippen LogP contribution in [0.3, 0.4) is 0 Å². The van der Waals surface area contributed by atoms with Crippen molar-refractivity contribution >= 4 is 22.9 Å². The Morgan fingerprint density at radius 3 is 2.40 bits per heavy atom. The van der Waals surface area contributed by atoms with Gasteiger partial charge in [-0.25, -0.2) is 9.98 Å². The van der Waals surface area contributed by atoms with E-state index in [1.807, 2.05) is 6.08 Å². The molecule has 0 saturated carbocycles. The van der Waals surface area contributed by atoms with E-state index in [1.165, 1.54) is 39.1 Å². The van der Waals surface area contributed by atoms with Crippen LogP contribution in [-0.4, -0.2) is 17.8 Å². The molecule has 3 aromatic carbocycles. The van der Waals surface area contributed by atoms with Gasteiger partial charge >= 0.3 is 0 Å². The summed E-state index contributed by atoms with van der Waals surface area (Å²) in [6, 6.07) is 24.2. The second-order valence-electron chi connectivity index (χ2n) is 15.6. The first-order valence-electron chi connectivity index (χ1n) is 20.6. The van der Waals surface area contributed by atoms with Crippen LogP contribution in [0, 0.1) is 11.8 Å². The lowest BCUT2D eigenvalue weighted by atomic mass is 9.79. The molecule has 3 aromatic rings. The number of fused-ring (bicyclic) bond motifs is 4. The smallest absolute Gasteiger partial charge is 0.169 e. The molecule has 3 heterocycles. The van der Waals surface area contributed by atoms with Crippen molar-refractivity contribution in [2.45, 2.75) is 43.9 Å². The molecule has 284 valence electrons. The molecule has 5 unspecified atom stereocenters. The molecule has 5 atom stereocenters. The average molecular weight is 755 g/mol. The zero-order valence-corrected chi connectivity index (χ0v) is 32.5. The van der Waals surface area contributed by atoms with Gasteiger partial charge < -0.3 is 15.4 Å². The molecule has 0 spiro atoms. The van der Waals surface area contributed by atoms with Gasteiger partial charge in [-0.2, -0.15) is 0 Å². The summed E-state index contributed by atoms with van der Waals surface area (Å²) >= 11 is 0. The number of amidine groups is 2. The highest BCUT2D eigenvalue weighted by atomic mass is 16.5. The highest BCUT2D eigenvalue weighted by molar-refractivity contribution is 6.16. The Balaban J connectivity index is 1.09. The van der Waals surface area contributed by atoms with Crippen LogP contribution in [0.15, 0.2) is 210 Å². The van der Waals surface area contributed by atoms with Crippen LogP contribution in [0.5, 0.6) is 5.75 Å². The molecule has 7 aliphatic rings. The number of nitrogens with one attached hydrogen (secondary N) is 2. The summed E-state index contributed by atoms with van der Waals surface area (Å²) in [5.41, 5.74) is 12.8. The SMILES string of the molecule is C=C/C=C\C(=C1/NC(C2C=CC=CC2)=C(c2cccc(C3=NC(c4ccc5c(c4)C4C=CC=CC4O5)N=C(C4=CC=CCC4)N3)c2)c2ccccc21)C1C=CC=CC1. The number of hydrogen-bond acceptors (Lipinski definition) is 5. The number of nitrogens with zero attached hydrogens (tertiary/aromatic N) is 2. The predicted molar refractivity (Wildman–Crippen MR) is 239 cm³/mol. The molecule has 0 bridgehead atoms. The first kappa shape index (κ1) is 35.7. The molecule has 0 aromatic heterocycles. The second kappa shape index (κ2) is 15.7. The van der Waals surface area contributed by atoms with Crippen LogP contribution < -0.4 is 15.4 Å². The number of aliphatic imine (C=N–C) groups is 2. The van der Waals surface area contributed by atoms with Crippen molar-refractivity contribution in [2.24, 2.45) is 21.8 Å². The Bertz CT molecular complexity index is 2590. The number of rotatable bonds is 8. The highest BCUT2D eigenvalue weighted by Crippen LogP contribution is 2.45. The summed E-state index contributed by atoms with van der Waals surface area (Å²) in [4.78, 5) is 10.6. The summed E-state index contributed by atoms with van der Waals surface area (Å²) < 4.78 is 6.30. The zero-order chi connectivity index (χ0) is 38.8.